The van der Waals surface area contributed by atoms with Gasteiger partial charge in [0.05, 0.1) is 33.9 Å². The molecule has 12 heteroatoms. The minimum atomic E-state index is -3.95. The number of hydrogen-bond donors (Lipinski definition) is 0. The Morgan fingerprint density at radius 3 is 2.31 bits per heavy atom. The van der Waals surface area contributed by atoms with Gasteiger partial charge in [0.15, 0.2) is 4.80 Å². The van der Waals surface area contributed by atoms with Crippen LogP contribution in [0.5, 0.6) is 0 Å². The van der Waals surface area contributed by atoms with Crippen LogP contribution in [0, 0.1) is 22.7 Å². The van der Waals surface area contributed by atoms with E-state index in [1.807, 2.05) is 36.4 Å². The van der Waals surface area contributed by atoms with Gasteiger partial charge in [-0.2, -0.15) is 19.8 Å². The third-order valence-corrected chi connectivity index (χ3v) is 8.04. The van der Waals surface area contributed by atoms with Crippen molar-refractivity contribution in [2.24, 2.45) is 4.99 Å². The second kappa shape index (κ2) is 12.2. The minimum absolute atomic E-state index is 0.0128. The predicted octanol–water partition coefficient (Wildman–Crippen LogP) is 2.83. The van der Waals surface area contributed by atoms with E-state index < -0.39 is 21.9 Å². The Hall–Kier alpha value is -3.84. The Kier molecular flexibility index (Phi) is 9.08. The van der Waals surface area contributed by atoms with Gasteiger partial charge in [-0.05, 0) is 43.3 Å². The Bertz CT molecular complexity index is 1490. The van der Waals surface area contributed by atoms with Crippen molar-refractivity contribution in [1.82, 2.24) is 8.87 Å². The minimum Gasteiger partial charge on any atom is -0.465 e. The van der Waals surface area contributed by atoms with Crippen LogP contribution in [0.4, 0.5) is 0 Å². The number of hydrogen-bond acceptors (Lipinski definition) is 8. The summed E-state index contributed by atoms with van der Waals surface area (Å²) in [5.41, 5.74) is 0.896. The summed E-state index contributed by atoms with van der Waals surface area (Å²) in [5, 5.41) is 17.7. The van der Waals surface area contributed by atoms with Gasteiger partial charge in [0.1, 0.15) is 6.54 Å². The van der Waals surface area contributed by atoms with Crippen LogP contribution in [0.3, 0.4) is 0 Å². The van der Waals surface area contributed by atoms with Crippen molar-refractivity contribution in [2.45, 2.75) is 31.2 Å². The number of amides is 1. The highest BCUT2D eigenvalue weighted by Gasteiger charge is 2.24. The molecule has 2 aromatic carbocycles. The van der Waals surface area contributed by atoms with E-state index in [9.17, 15) is 18.0 Å². The molecule has 0 aliphatic carbocycles. The number of para-hydroxylation sites is 1. The highest BCUT2D eigenvalue weighted by molar-refractivity contribution is 7.89. The quantitative estimate of drug-likeness (QED) is 0.370. The number of fused-ring (bicyclic) bond motifs is 1. The van der Waals surface area contributed by atoms with E-state index in [1.165, 1.54) is 35.6 Å². The number of sulfonamides is 1. The molecule has 1 amide bonds. The molecule has 1 heterocycles. The van der Waals surface area contributed by atoms with Gasteiger partial charge in [-0.15, -0.1) is 0 Å². The third kappa shape index (κ3) is 6.23. The summed E-state index contributed by atoms with van der Waals surface area (Å²) in [4.78, 5) is 29.5. The number of carbonyl (C=O) groups is 2. The van der Waals surface area contributed by atoms with Crippen molar-refractivity contribution in [3.8, 4) is 12.1 Å². The van der Waals surface area contributed by atoms with Crippen molar-refractivity contribution >= 4 is 43.5 Å². The maximum atomic E-state index is 13.0. The first-order valence-corrected chi connectivity index (χ1v) is 13.2. The number of esters is 1. The second-order valence-corrected chi connectivity index (χ2v) is 10.4. The van der Waals surface area contributed by atoms with Gasteiger partial charge in [0.25, 0.3) is 5.91 Å². The fraction of sp³-hybridized carbons (Fsp3) is 0.292. The van der Waals surface area contributed by atoms with Crippen molar-refractivity contribution in [3.05, 3.63) is 58.9 Å². The molecule has 0 saturated carbocycles. The molecule has 0 N–H and O–H groups in total. The van der Waals surface area contributed by atoms with Crippen LogP contribution >= 0.6 is 11.3 Å². The normalized spacial score (nSPS) is 11.8. The van der Waals surface area contributed by atoms with Crippen molar-refractivity contribution in [3.63, 3.8) is 0 Å². The van der Waals surface area contributed by atoms with Gasteiger partial charge in [-0.3, -0.25) is 9.59 Å². The summed E-state index contributed by atoms with van der Waals surface area (Å²) >= 11 is 1.25. The molecule has 36 heavy (non-hydrogen) atoms. The molecule has 3 aromatic rings. The number of rotatable bonds is 10. The lowest BCUT2D eigenvalue weighted by atomic mass is 10.2. The van der Waals surface area contributed by atoms with E-state index in [-0.39, 0.29) is 49.5 Å². The van der Waals surface area contributed by atoms with E-state index in [4.69, 9.17) is 15.3 Å². The largest absolute Gasteiger partial charge is 0.465 e. The third-order valence-electron chi connectivity index (χ3n) is 5.06. The zero-order valence-corrected chi connectivity index (χ0v) is 21.1. The molecule has 0 spiro atoms. The van der Waals surface area contributed by atoms with Gasteiger partial charge in [-0.25, -0.2) is 8.42 Å². The fourth-order valence-corrected chi connectivity index (χ4v) is 5.84. The molecule has 3 rings (SSSR count). The number of ether oxygens (including phenoxy) is 1. The summed E-state index contributed by atoms with van der Waals surface area (Å²) in [6.45, 7) is 1.75. The van der Waals surface area contributed by atoms with Gasteiger partial charge in [-0.1, -0.05) is 23.5 Å². The van der Waals surface area contributed by atoms with Crippen LogP contribution in [0.15, 0.2) is 58.4 Å². The monoisotopic (exact) mass is 525 g/mol. The van der Waals surface area contributed by atoms with Crippen molar-refractivity contribution in [2.75, 3.05) is 19.7 Å². The van der Waals surface area contributed by atoms with Gasteiger partial charge >= 0.3 is 5.97 Å². The van der Waals surface area contributed by atoms with Crippen LogP contribution in [-0.4, -0.2) is 48.9 Å². The Balaban J connectivity index is 1.92. The number of carbonyl (C=O) groups excluding carboxylic acids is 2. The first kappa shape index (κ1) is 26.8. The van der Waals surface area contributed by atoms with Crippen LogP contribution in [0.25, 0.3) is 10.2 Å². The van der Waals surface area contributed by atoms with Gasteiger partial charge in [0, 0.05) is 31.5 Å². The average molecular weight is 526 g/mol. The molecule has 0 radical (unpaired) electrons. The maximum Gasteiger partial charge on any atom is 0.326 e. The van der Waals surface area contributed by atoms with Gasteiger partial charge in [0.2, 0.25) is 10.0 Å². The van der Waals surface area contributed by atoms with Crippen molar-refractivity contribution in [1.29, 1.82) is 10.5 Å². The summed E-state index contributed by atoms with van der Waals surface area (Å²) in [5.74, 6) is -1.06. The highest BCUT2D eigenvalue weighted by atomic mass is 32.2. The topological polar surface area (TPSA) is 146 Å². The van der Waals surface area contributed by atoms with E-state index in [2.05, 4.69) is 4.99 Å². The van der Waals surface area contributed by atoms with E-state index in [1.54, 1.807) is 11.5 Å². The Morgan fingerprint density at radius 2 is 1.69 bits per heavy atom. The molecule has 10 nitrogen and oxygen atoms in total. The van der Waals surface area contributed by atoms with Crippen LogP contribution in [-0.2, 0) is 26.1 Å². The molecule has 0 aliphatic heterocycles. The number of nitrogens with zero attached hydrogens (tertiary/aromatic N) is 5. The average Bonchev–Trinajstić information content (AvgIpc) is 3.20. The second-order valence-electron chi connectivity index (χ2n) is 7.41. The van der Waals surface area contributed by atoms with E-state index in [0.29, 0.717) is 4.80 Å². The number of nitriles is 2. The van der Waals surface area contributed by atoms with Gasteiger partial charge < -0.3 is 9.30 Å². The number of aromatic nitrogens is 1. The van der Waals surface area contributed by atoms with E-state index in [0.717, 1.165) is 14.5 Å². The zero-order valence-electron chi connectivity index (χ0n) is 19.5. The smallest absolute Gasteiger partial charge is 0.326 e. The molecule has 0 saturated heterocycles. The molecule has 0 unspecified atom stereocenters. The summed E-state index contributed by atoms with van der Waals surface area (Å²) in [6.07, 6.45) is -0.0256. The SMILES string of the molecule is CCOC(=O)Cn1c(=NC(=O)c2ccc(S(=O)(=O)N(CCC#N)CCC#N)cc2)sc2ccccc21. The van der Waals surface area contributed by atoms with Crippen molar-refractivity contribution < 1.29 is 22.7 Å². The lowest BCUT2D eigenvalue weighted by Gasteiger charge is -2.20. The molecule has 0 fully saturated rings. The molecule has 0 bridgehead atoms. The molecule has 0 atom stereocenters. The maximum absolute atomic E-state index is 13.0. The fourth-order valence-electron chi connectivity index (χ4n) is 3.37. The lowest BCUT2D eigenvalue weighted by molar-refractivity contribution is -0.143. The number of thiazole rings is 1. The standard InChI is InChI=1S/C24H23N5O5S2/c1-2-34-22(30)17-29-20-7-3-4-8-21(20)35-24(29)27-23(31)18-9-11-19(12-10-18)36(32,33)28(15-5-13-25)16-6-14-26/h3-4,7-12H,2,5-6,15-17H2,1H3. The number of benzene rings is 2. The zero-order chi connectivity index (χ0) is 26.1. The molecule has 1 aromatic heterocycles. The van der Waals surface area contributed by atoms with E-state index >= 15 is 0 Å². The Labute approximate surface area is 212 Å². The molecule has 186 valence electrons. The lowest BCUT2D eigenvalue weighted by Crippen LogP contribution is -2.32. The first-order valence-electron chi connectivity index (χ1n) is 11.0. The van der Waals surface area contributed by atoms with Crippen LogP contribution in [0.2, 0.25) is 0 Å². The predicted molar refractivity (Wildman–Crippen MR) is 132 cm³/mol. The van der Waals surface area contributed by atoms with Crippen LogP contribution in [0.1, 0.15) is 30.1 Å². The molecule has 0 aliphatic rings. The highest BCUT2D eigenvalue weighted by Crippen LogP contribution is 2.19. The summed E-state index contributed by atoms with van der Waals surface area (Å²) < 4.78 is 34.5. The first-order chi connectivity index (χ1) is 17.3. The molecular formula is C24H23N5O5S2. The summed E-state index contributed by atoms with van der Waals surface area (Å²) in [6, 6.07) is 16.4. The van der Waals surface area contributed by atoms with Crippen LogP contribution < -0.4 is 4.80 Å². The molecular weight excluding hydrogens is 502 g/mol. The Morgan fingerprint density at radius 1 is 1.06 bits per heavy atom. The summed E-state index contributed by atoms with van der Waals surface area (Å²) in [7, 11) is -3.95.